The minimum absolute atomic E-state index is 0.0827. The maximum atomic E-state index is 13.2. The second-order valence-electron chi connectivity index (χ2n) is 6.72. The van der Waals surface area contributed by atoms with E-state index >= 15 is 0 Å². The Hall–Kier alpha value is -2.15. The molecule has 26 heavy (non-hydrogen) atoms. The van der Waals surface area contributed by atoms with Crippen molar-refractivity contribution in [2.45, 2.75) is 18.9 Å². The number of carbonyl (C=O) groups is 2. The summed E-state index contributed by atoms with van der Waals surface area (Å²) in [5.41, 5.74) is 1.44. The number of carbonyl (C=O) groups excluding carboxylic acids is 2. The number of halogens is 1. The topological polar surface area (TPSA) is 40.6 Å². The third kappa shape index (κ3) is 3.28. The summed E-state index contributed by atoms with van der Waals surface area (Å²) in [7, 11) is 3.39. The lowest BCUT2D eigenvalue weighted by atomic mass is 9.87. The van der Waals surface area contributed by atoms with E-state index in [4.69, 9.17) is 0 Å². The van der Waals surface area contributed by atoms with Gasteiger partial charge >= 0.3 is 0 Å². The van der Waals surface area contributed by atoms with Crippen LogP contribution in [0.1, 0.15) is 18.1 Å². The van der Waals surface area contributed by atoms with Gasteiger partial charge in [-0.1, -0.05) is 48.5 Å². The van der Waals surface area contributed by atoms with Gasteiger partial charge in [-0.3, -0.25) is 9.59 Å². The molecular weight excluding hydrogens is 439 g/mol. The third-order valence-electron chi connectivity index (χ3n) is 4.98. The molecule has 0 radical (unpaired) electrons. The molecule has 2 amide bonds. The van der Waals surface area contributed by atoms with Crippen LogP contribution in [0, 0.1) is 3.57 Å². The Morgan fingerprint density at radius 3 is 2.27 bits per heavy atom. The fourth-order valence-corrected chi connectivity index (χ4v) is 3.78. The first-order valence-electron chi connectivity index (χ1n) is 8.41. The van der Waals surface area contributed by atoms with Crippen molar-refractivity contribution in [3.8, 4) is 0 Å². The van der Waals surface area contributed by atoms with E-state index in [2.05, 4.69) is 22.6 Å². The van der Waals surface area contributed by atoms with Gasteiger partial charge in [0.05, 0.1) is 0 Å². The smallest absolute Gasteiger partial charge is 0.271 e. The van der Waals surface area contributed by atoms with Gasteiger partial charge in [0.25, 0.3) is 11.8 Å². The summed E-state index contributed by atoms with van der Waals surface area (Å²) in [5.74, 6) is -0.231. The van der Waals surface area contributed by atoms with Crippen molar-refractivity contribution in [2.24, 2.45) is 0 Å². The minimum atomic E-state index is -0.908. The van der Waals surface area contributed by atoms with Gasteiger partial charge in [0.2, 0.25) is 0 Å². The van der Waals surface area contributed by atoms with Crippen LogP contribution >= 0.6 is 22.6 Å². The Balaban J connectivity index is 1.98. The summed E-state index contributed by atoms with van der Waals surface area (Å²) >= 11 is 2.23. The normalized spacial score (nSPS) is 22.2. The molecule has 1 aliphatic rings. The number of piperazine rings is 1. The SMILES string of the molecule is CN1C(=O)C(C)(Cc2ccccc2)N(C)C(=O)C1=Cc1ccccc1I. The molecule has 0 bridgehead atoms. The molecule has 1 heterocycles. The quantitative estimate of drug-likeness (QED) is 0.519. The zero-order valence-electron chi connectivity index (χ0n) is 15.1. The van der Waals surface area contributed by atoms with E-state index in [1.54, 1.807) is 25.1 Å². The summed E-state index contributed by atoms with van der Waals surface area (Å²) in [4.78, 5) is 29.3. The van der Waals surface area contributed by atoms with E-state index in [0.717, 1.165) is 14.7 Å². The fourth-order valence-electron chi connectivity index (χ4n) is 3.24. The largest absolute Gasteiger partial charge is 0.326 e. The summed E-state index contributed by atoms with van der Waals surface area (Å²) in [5, 5.41) is 0. The number of nitrogens with zero attached hydrogens (tertiary/aromatic N) is 2. The predicted octanol–water partition coefficient (Wildman–Crippen LogP) is 3.56. The molecule has 3 rings (SSSR count). The highest BCUT2D eigenvalue weighted by molar-refractivity contribution is 14.1. The van der Waals surface area contributed by atoms with Crippen molar-refractivity contribution in [1.29, 1.82) is 0 Å². The predicted molar refractivity (Wildman–Crippen MR) is 111 cm³/mol. The molecule has 4 nitrogen and oxygen atoms in total. The molecule has 0 spiro atoms. The highest BCUT2D eigenvalue weighted by atomic mass is 127. The Kier molecular flexibility index (Phi) is 5.18. The second kappa shape index (κ2) is 7.23. The summed E-state index contributed by atoms with van der Waals surface area (Å²) in [6.07, 6.45) is 2.27. The standard InChI is InChI=1S/C21H21IN2O2/c1-21(14-15-9-5-4-6-10-15)20(26)23(2)18(19(25)24(21)3)13-16-11-7-8-12-17(16)22/h4-13H,14H2,1-3H3. The molecule has 134 valence electrons. The van der Waals surface area contributed by atoms with Gasteiger partial charge in [-0.2, -0.15) is 0 Å². The minimum Gasteiger partial charge on any atom is -0.326 e. The van der Waals surface area contributed by atoms with Crippen LogP contribution in [0.5, 0.6) is 0 Å². The van der Waals surface area contributed by atoms with Crippen molar-refractivity contribution in [2.75, 3.05) is 14.1 Å². The van der Waals surface area contributed by atoms with Crippen LogP contribution in [0.25, 0.3) is 6.08 Å². The first kappa shape index (κ1) is 18.6. The lowest BCUT2D eigenvalue weighted by molar-refractivity contribution is -0.155. The van der Waals surface area contributed by atoms with Crippen molar-refractivity contribution in [1.82, 2.24) is 9.80 Å². The second-order valence-corrected chi connectivity index (χ2v) is 7.88. The average molecular weight is 460 g/mol. The molecule has 0 N–H and O–H groups in total. The fraction of sp³-hybridized carbons (Fsp3) is 0.238. The van der Waals surface area contributed by atoms with E-state index in [0.29, 0.717) is 12.1 Å². The van der Waals surface area contributed by atoms with Crippen LogP contribution in [-0.2, 0) is 16.0 Å². The monoisotopic (exact) mass is 460 g/mol. The van der Waals surface area contributed by atoms with E-state index < -0.39 is 5.54 Å². The molecule has 1 saturated heterocycles. The highest BCUT2D eigenvalue weighted by Gasteiger charge is 2.48. The first-order chi connectivity index (χ1) is 12.3. The van der Waals surface area contributed by atoms with Crippen molar-refractivity contribution in [3.05, 3.63) is 75.0 Å². The number of hydrogen-bond donors (Lipinski definition) is 0. The Morgan fingerprint density at radius 1 is 1.00 bits per heavy atom. The molecular formula is C21H21IN2O2. The Morgan fingerprint density at radius 2 is 1.62 bits per heavy atom. The number of amides is 2. The molecule has 2 aromatic carbocycles. The number of likely N-dealkylation sites (N-methyl/N-ethyl adjacent to an activating group) is 2. The van der Waals surface area contributed by atoms with Gasteiger partial charge in [0.15, 0.2) is 0 Å². The van der Waals surface area contributed by atoms with Gasteiger partial charge in [-0.05, 0) is 52.8 Å². The maximum absolute atomic E-state index is 13.2. The molecule has 1 fully saturated rings. The van der Waals surface area contributed by atoms with Crippen LogP contribution in [-0.4, -0.2) is 41.2 Å². The van der Waals surface area contributed by atoms with E-state index in [-0.39, 0.29) is 11.8 Å². The van der Waals surface area contributed by atoms with Crippen LogP contribution in [0.4, 0.5) is 0 Å². The van der Waals surface area contributed by atoms with Crippen molar-refractivity contribution >= 4 is 40.5 Å². The maximum Gasteiger partial charge on any atom is 0.271 e. The number of hydrogen-bond acceptors (Lipinski definition) is 2. The van der Waals surface area contributed by atoms with Gasteiger partial charge in [-0.15, -0.1) is 0 Å². The van der Waals surface area contributed by atoms with E-state index in [9.17, 15) is 9.59 Å². The van der Waals surface area contributed by atoms with Crippen molar-refractivity contribution < 1.29 is 9.59 Å². The average Bonchev–Trinajstić information content (AvgIpc) is 2.65. The molecule has 0 aliphatic carbocycles. The van der Waals surface area contributed by atoms with E-state index in [1.165, 1.54) is 4.90 Å². The molecule has 1 unspecified atom stereocenters. The van der Waals surface area contributed by atoms with Gasteiger partial charge in [0, 0.05) is 24.1 Å². The van der Waals surface area contributed by atoms with Gasteiger partial charge in [-0.25, -0.2) is 0 Å². The van der Waals surface area contributed by atoms with Crippen LogP contribution in [0.3, 0.4) is 0 Å². The molecule has 2 aromatic rings. The third-order valence-corrected chi connectivity index (χ3v) is 5.96. The van der Waals surface area contributed by atoms with E-state index in [1.807, 2.05) is 61.5 Å². The lowest BCUT2D eigenvalue weighted by Crippen LogP contribution is -2.64. The van der Waals surface area contributed by atoms with Gasteiger partial charge < -0.3 is 9.80 Å². The van der Waals surface area contributed by atoms with Crippen LogP contribution in [0.15, 0.2) is 60.3 Å². The first-order valence-corrected chi connectivity index (χ1v) is 9.49. The number of rotatable bonds is 3. The molecule has 0 saturated carbocycles. The summed E-state index contributed by atoms with van der Waals surface area (Å²) in [6, 6.07) is 17.6. The number of benzene rings is 2. The lowest BCUT2D eigenvalue weighted by Gasteiger charge is -2.45. The molecule has 5 heteroatoms. The van der Waals surface area contributed by atoms with Crippen LogP contribution < -0.4 is 0 Å². The molecule has 0 aromatic heterocycles. The Bertz CT molecular complexity index is 879. The summed E-state index contributed by atoms with van der Waals surface area (Å²) < 4.78 is 1.03. The molecule has 1 atom stereocenters. The Labute approximate surface area is 167 Å². The summed E-state index contributed by atoms with van der Waals surface area (Å²) in [6.45, 7) is 1.83. The zero-order valence-corrected chi connectivity index (χ0v) is 17.2. The van der Waals surface area contributed by atoms with Crippen LogP contribution in [0.2, 0.25) is 0 Å². The highest BCUT2D eigenvalue weighted by Crippen LogP contribution is 2.31. The zero-order chi connectivity index (χ0) is 18.9. The van der Waals surface area contributed by atoms with Gasteiger partial charge in [0.1, 0.15) is 11.2 Å². The molecule has 1 aliphatic heterocycles. The van der Waals surface area contributed by atoms with Crippen molar-refractivity contribution in [3.63, 3.8) is 0 Å².